The fourth-order valence-corrected chi connectivity index (χ4v) is 4.14. The maximum Gasteiger partial charge on any atom is 0.428 e. The van der Waals surface area contributed by atoms with Gasteiger partial charge in [0, 0.05) is 6.08 Å². The lowest BCUT2D eigenvalue weighted by Gasteiger charge is -2.43. The molecule has 2 aliphatic carbocycles. The zero-order valence-electron chi connectivity index (χ0n) is 15.2. The number of ether oxygens (including phenoxy) is 2. The number of esters is 1. The second-order valence-corrected chi connectivity index (χ2v) is 7.53. The molecule has 0 radical (unpaired) electrons. The Labute approximate surface area is 158 Å². The van der Waals surface area contributed by atoms with Gasteiger partial charge in [0.25, 0.3) is 5.60 Å². The third-order valence-electron chi connectivity index (χ3n) is 5.82. The van der Waals surface area contributed by atoms with Crippen LogP contribution < -0.4 is 0 Å². The normalized spacial score (nSPS) is 26.1. The molecule has 1 N–H and O–H groups in total. The van der Waals surface area contributed by atoms with Crippen molar-refractivity contribution in [1.82, 2.24) is 0 Å². The van der Waals surface area contributed by atoms with Gasteiger partial charge in [-0.05, 0) is 44.4 Å². The smallest absolute Gasteiger partial charge is 0.428 e. The summed E-state index contributed by atoms with van der Waals surface area (Å²) in [5.41, 5.74) is -6.05. The van der Waals surface area contributed by atoms with Crippen LogP contribution in [0.2, 0.25) is 0 Å². The molecule has 0 aromatic carbocycles. The standard InChI is InChI=1S/C18H24F6O4/c1-2-14(25)28-13-7-5-12(6-8-13)15(9-3-4-10-15)27-11-16(26,17(19,20)21)18(22,23)24/h2,12-13,26H,1,3-11H2. The van der Waals surface area contributed by atoms with E-state index in [4.69, 9.17) is 9.47 Å². The fraction of sp³-hybridized carbons (Fsp3) is 0.833. The predicted octanol–water partition coefficient (Wildman–Crippen LogP) is 4.46. The van der Waals surface area contributed by atoms with Gasteiger partial charge < -0.3 is 14.6 Å². The molecular weight excluding hydrogens is 394 g/mol. The Hall–Kier alpha value is -1.29. The van der Waals surface area contributed by atoms with E-state index in [-0.39, 0.29) is 12.0 Å². The van der Waals surface area contributed by atoms with Crippen LogP contribution in [-0.2, 0) is 14.3 Å². The van der Waals surface area contributed by atoms with E-state index in [2.05, 4.69) is 6.58 Å². The van der Waals surface area contributed by atoms with Crippen LogP contribution in [0.15, 0.2) is 12.7 Å². The summed E-state index contributed by atoms with van der Waals surface area (Å²) in [5.74, 6) is -0.838. The van der Waals surface area contributed by atoms with Crippen molar-refractivity contribution in [2.24, 2.45) is 5.92 Å². The summed E-state index contributed by atoms with van der Waals surface area (Å²) in [4.78, 5) is 11.3. The van der Waals surface area contributed by atoms with Crippen LogP contribution in [0.3, 0.4) is 0 Å². The molecule has 2 saturated carbocycles. The molecule has 28 heavy (non-hydrogen) atoms. The number of halogens is 6. The van der Waals surface area contributed by atoms with E-state index in [1.165, 1.54) is 0 Å². The van der Waals surface area contributed by atoms with E-state index >= 15 is 0 Å². The molecule has 2 aliphatic rings. The van der Waals surface area contributed by atoms with Crippen LogP contribution in [0.5, 0.6) is 0 Å². The molecule has 0 saturated heterocycles. The SMILES string of the molecule is C=CC(=O)OC1CCC(C2(OCC(O)(C(F)(F)F)C(F)(F)F)CCCC2)CC1. The molecule has 10 heteroatoms. The molecule has 0 amide bonds. The van der Waals surface area contributed by atoms with Gasteiger partial charge in [-0.2, -0.15) is 26.3 Å². The number of carbonyl (C=O) groups excluding carboxylic acids is 1. The lowest BCUT2D eigenvalue weighted by Crippen LogP contribution is -2.61. The number of aliphatic hydroxyl groups is 1. The highest BCUT2D eigenvalue weighted by molar-refractivity contribution is 5.81. The van der Waals surface area contributed by atoms with Crippen molar-refractivity contribution in [3.63, 3.8) is 0 Å². The first-order valence-corrected chi connectivity index (χ1v) is 9.17. The maximum atomic E-state index is 12.9. The highest BCUT2D eigenvalue weighted by Gasteiger charge is 2.71. The Bertz CT molecular complexity index is 543. The molecule has 0 aliphatic heterocycles. The number of hydrogen-bond acceptors (Lipinski definition) is 4. The van der Waals surface area contributed by atoms with Crippen molar-refractivity contribution in [3.8, 4) is 0 Å². The van der Waals surface area contributed by atoms with Gasteiger partial charge in [-0.25, -0.2) is 4.79 Å². The summed E-state index contributed by atoms with van der Waals surface area (Å²) in [5, 5.41) is 9.38. The molecule has 2 fully saturated rings. The lowest BCUT2D eigenvalue weighted by atomic mass is 9.74. The average molecular weight is 418 g/mol. The number of rotatable bonds is 6. The molecular formula is C18H24F6O4. The Morgan fingerprint density at radius 2 is 1.54 bits per heavy atom. The minimum atomic E-state index is -5.90. The van der Waals surface area contributed by atoms with Gasteiger partial charge in [0.2, 0.25) is 0 Å². The lowest BCUT2D eigenvalue weighted by molar-refractivity contribution is -0.384. The van der Waals surface area contributed by atoms with Gasteiger partial charge in [0.05, 0.1) is 12.2 Å². The molecule has 0 aromatic heterocycles. The first kappa shape index (κ1) is 23.0. The topological polar surface area (TPSA) is 55.8 Å². The zero-order chi connectivity index (χ0) is 21.2. The Kier molecular flexibility index (Phi) is 6.75. The van der Waals surface area contributed by atoms with E-state index in [0.717, 1.165) is 6.08 Å². The molecule has 0 aromatic rings. The fourth-order valence-electron chi connectivity index (χ4n) is 4.14. The van der Waals surface area contributed by atoms with Crippen molar-refractivity contribution in [2.45, 2.75) is 81.0 Å². The van der Waals surface area contributed by atoms with Gasteiger partial charge in [-0.15, -0.1) is 0 Å². The van der Waals surface area contributed by atoms with Gasteiger partial charge in [0.15, 0.2) is 0 Å². The Balaban J connectivity index is 2.08. The van der Waals surface area contributed by atoms with E-state index < -0.39 is 36.1 Å². The van der Waals surface area contributed by atoms with Crippen molar-refractivity contribution in [2.75, 3.05) is 6.61 Å². The van der Waals surface area contributed by atoms with E-state index in [0.29, 0.717) is 51.4 Å². The van der Waals surface area contributed by atoms with E-state index in [9.17, 15) is 36.2 Å². The molecule has 2 rings (SSSR count). The van der Waals surface area contributed by atoms with Gasteiger partial charge in [-0.3, -0.25) is 0 Å². The molecule has 162 valence electrons. The quantitative estimate of drug-likeness (QED) is 0.393. The first-order chi connectivity index (χ1) is 12.8. The summed E-state index contributed by atoms with van der Waals surface area (Å²) >= 11 is 0. The summed E-state index contributed by atoms with van der Waals surface area (Å²) in [6.45, 7) is 1.42. The van der Waals surface area contributed by atoms with Crippen LogP contribution in [0.4, 0.5) is 26.3 Å². The molecule has 0 heterocycles. The summed E-state index contributed by atoms with van der Waals surface area (Å²) in [6, 6.07) is 0. The van der Waals surface area contributed by atoms with Crippen molar-refractivity contribution in [3.05, 3.63) is 12.7 Å². The Morgan fingerprint density at radius 1 is 1.04 bits per heavy atom. The molecule has 4 nitrogen and oxygen atoms in total. The van der Waals surface area contributed by atoms with Gasteiger partial charge in [-0.1, -0.05) is 19.4 Å². The zero-order valence-corrected chi connectivity index (χ0v) is 15.2. The van der Waals surface area contributed by atoms with Crippen molar-refractivity contribution < 1.29 is 45.7 Å². The number of alkyl halides is 6. The summed E-state index contributed by atoms with van der Waals surface area (Å²) < 4.78 is 88.1. The van der Waals surface area contributed by atoms with Crippen LogP contribution in [-0.4, -0.2) is 47.3 Å². The summed E-state index contributed by atoms with van der Waals surface area (Å²) in [7, 11) is 0. The van der Waals surface area contributed by atoms with Crippen LogP contribution in [0.1, 0.15) is 51.4 Å². The maximum absolute atomic E-state index is 12.9. The highest BCUT2D eigenvalue weighted by Crippen LogP contribution is 2.49. The number of hydrogen-bond donors (Lipinski definition) is 1. The van der Waals surface area contributed by atoms with Gasteiger partial charge >= 0.3 is 18.3 Å². The first-order valence-electron chi connectivity index (χ1n) is 9.17. The van der Waals surface area contributed by atoms with E-state index in [1.807, 2.05) is 0 Å². The third-order valence-corrected chi connectivity index (χ3v) is 5.82. The second kappa shape index (κ2) is 8.22. The molecule has 0 atom stereocenters. The number of carbonyl (C=O) groups is 1. The van der Waals surface area contributed by atoms with Gasteiger partial charge in [0.1, 0.15) is 6.10 Å². The second-order valence-electron chi connectivity index (χ2n) is 7.53. The largest absolute Gasteiger partial charge is 0.459 e. The molecule has 0 spiro atoms. The predicted molar refractivity (Wildman–Crippen MR) is 86.2 cm³/mol. The Morgan fingerprint density at radius 3 is 1.96 bits per heavy atom. The van der Waals surface area contributed by atoms with Crippen LogP contribution >= 0.6 is 0 Å². The minimum absolute atomic E-state index is 0.264. The van der Waals surface area contributed by atoms with E-state index in [1.54, 1.807) is 0 Å². The molecule has 0 bridgehead atoms. The van der Waals surface area contributed by atoms with Crippen molar-refractivity contribution in [1.29, 1.82) is 0 Å². The minimum Gasteiger partial charge on any atom is -0.459 e. The molecule has 0 unspecified atom stereocenters. The van der Waals surface area contributed by atoms with Crippen molar-refractivity contribution >= 4 is 5.97 Å². The third kappa shape index (κ3) is 4.64. The highest BCUT2D eigenvalue weighted by atomic mass is 19.4. The monoisotopic (exact) mass is 418 g/mol. The average Bonchev–Trinajstić information content (AvgIpc) is 3.08. The van der Waals surface area contributed by atoms with Crippen LogP contribution in [0.25, 0.3) is 0 Å². The van der Waals surface area contributed by atoms with Crippen LogP contribution in [0, 0.1) is 5.92 Å². The summed E-state index contributed by atoms with van der Waals surface area (Å²) in [6.07, 6.45) is -7.42.